The van der Waals surface area contributed by atoms with Crippen LogP contribution in [0.1, 0.15) is 30.3 Å². The summed E-state index contributed by atoms with van der Waals surface area (Å²) in [5, 5.41) is 5.44. The van der Waals surface area contributed by atoms with Crippen molar-refractivity contribution in [2.45, 2.75) is 26.3 Å². The molecule has 1 aromatic carbocycles. The van der Waals surface area contributed by atoms with E-state index in [-0.39, 0.29) is 11.9 Å². The number of anilines is 1. The Bertz CT molecular complexity index is 554. The molecule has 1 atom stereocenters. The monoisotopic (exact) mass is 306 g/mol. The molecule has 0 aliphatic rings. The molecule has 2 aromatic rings. The van der Waals surface area contributed by atoms with Gasteiger partial charge in [-0.1, -0.05) is 25.1 Å². The van der Waals surface area contributed by atoms with Crippen LogP contribution in [-0.2, 0) is 6.42 Å². The van der Waals surface area contributed by atoms with Crippen molar-refractivity contribution >= 4 is 17.0 Å². The van der Waals surface area contributed by atoms with Crippen molar-refractivity contribution in [3.05, 3.63) is 52.0 Å². The van der Waals surface area contributed by atoms with Crippen LogP contribution in [-0.4, -0.2) is 20.1 Å². The highest BCUT2D eigenvalue weighted by atomic mass is 32.1. The van der Waals surface area contributed by atoms with E-state index in [0.29, 0.717) is 5.69 Å². The fraction of sp³-hybridized carbons (Fsp3) is 0.412. The second-order valence-corrected chi connectivity index (χ2v) is 6.24. The summed E-state index contributed by atoms with van der Waals surface area (Å²) in [6.07, 6.45) is 0.942. The van der Waals surface area contributed by atoms with Crippen LogP contribution in [0.5, 0.6) is 0 Å². The first kappa shape index (κ1) is 16.0. The lowest BCUT2D eigenvalue weighted by Gasteiger charge is -2.26. The Labute approximate surface area is 130 Å². The van der Waals surface area contributed by atoms with E-state index in [0.717, 1.165) is 25.1 Å². The summed E-state index contributed by atoms with van der Waals surface area (Å²) in [6.45, 7) is 5.83. The van der Waals surface area contributed by atoms with E-state index in [9.17, 15) is 4.39 Å². The van der Waals surface area contributed by atoms with Crippen molar-refractivity contribution in [2.24, 2.45) is 0 Å². The minimum atomic E-state index is -0.147. The molecule has 0 radical (unpaired) electrons. The molecule has 0 saturated carbocycles. The highest BCUT2D eigenvalue weighted by molar-refractivity contribution is 7.09. The summed E-state index contributed by atoms with van der Waals surface area (Å²) in [6, 6.07) is 9.66. The van der Waals surface area contributed by atoms with Crippen LogP contribution in [0.15, 0.2) is 35.7 Å². The third-order valence-electron chi connectivity index (χ3n) is 3.65. The van der Waals surface area contributed by atoms with Crippen molar-refractivity contribution in [3.8, 4) is 0 Å². The van der Waals surface area contributed by atoms with E-state index in [2.05, 4.69) is 36.7 Å². The number of hydrogen-bond acceptors (Lipinski definition) is 3. The maximum absolute atomic E-state index is 14.3. The van der Waals surface area contributed by atoms with Crippen LogP contribution in [0.2, 0.25) is 0 Å². The fourth-order valence-electron chi connectivity index (χ4n) is 2.54. The summed E-state index contributed by atoms with van der Waals surface area (Å²) in [4.78, 5) is 3.36. The van der Waals surface area contributed by atoms with Crippen molar-refractivity contribution in [1.82, 2.24) is 5.32 Å². The molecule has 0 aliphatic heterocycles. The second-order valence-electron chi connectivity index (χ2n) is 5.21. The zero-order valence-corrected chi connectivity index (χ0v) is 13.7. The summed E-state index contributed by atoms with van der Waals surface area (Å²) < 4.78 is 14.3. The van der Waals surface area contributed by atoms with Gasteiger partial charge in [0.05, 0.1) is 5.69 Å². The van der Waals surface area contributed by atoms with Gasteiger partial charge in [-0.25, -0.2) is 4.39 Å². The highest BCUT2D eigenvalue weighted by Crippen LogP contribution is 2.29. The largest absolute Gasteiger partial charge is 0.372 e. The lowest BCUT2D eigenvalue weighted by molar-refractivity contribution is 0.579. The number of nitrogens with one attached hydrogen (secondary N) is 1. The quantitative estimate of drug-likeness (QED) is 0.823. The molecule has 1 aromatic heterocycles. The van der Waals surface area contributed by atoms with E-state index in [1.54, 1.807) is 23.5 Å². The second kappa shape index (κ2) is 7.57. The standard InChI is InChI=1S/C17H23FN2S/c1-4-19-13(2)15-8-5-9-16(18)17(15)20(3)11-10-14-7-6-12-21-14/h5-9,12-13,19H,4,10-11H2,1-3H3. The predicted molar refractivity (Wildman–Crippen MR) is 89.8 cm³/mol. The minimum Gasteiger partial charge on any atom is -0.372 e. The molecule has 2 nitrogen and oxygen atoms in total. The molecule has 0 spiro atoms. The number of thiophene rings is 1. The van der Waals surface area contributed by atoms with Gasteiger partial charge >= 0.3 is 0 Å². The lowest BCUT2D eigenvalue weighted by Crippen LogP contribution is -2.26. The first-order valence-corrected chi connectivity index (χ1v) is 8.26. The average Bonchev–Trinajstić information content (AvgIpc) is 2.98. The van der Waals surface area contributed by atoms with Gasteiger partial charge in [-0.3, -0.25) is 0 Å². The number of halogens is 1. The Kier molecular flexibility index (Phi) is 5.76. The van der Waals surface area contributed by atoms with Gasteiger partial charge in [-0.05, 0) is 43.0 Å². The predicted octanol–water partition coefficient (Wildman–Crippen LogP) is 4.24. The van der Waals surface area contributed by atoms with Gasteiger partial charge in [-0.15, -0.1) is 11.3 Å². The third-order valence-corrected chi connectivity index (χ3v) is 4.59. The molecule has 4 heteroatoms. The summed E-state index contributed by atoms with van der Waals surface area (Å²) in [5.74, 6) is -0.147. The first-order valence-electron chi connectivity index (χ1n) is 7.38. The number of benzene rings is 1. The van der Waals surface area contributed by atoms with Crippen LogP contribution >= 0.6 is 11.3 Å². The van der Waals surface area contributed by atoms with Gasteiger partial charge in [0.25, 0.3) is 0 Å². The van der Waals surface area contributed by atoms with Crippen LogP contribution in [0.3, 0.4) is 0 Å². The van der Waals surface area contributed by atoms with Gasteiger partial charge in [0, 0.05) is 24.5 Å². The lowest BCUT2D eigenvalue weighted by atomic mass is 10.0. The van der Waals surface area contributed by atoms with E-state index in [1.165, 1.54) is 4.88 Å². The van der Waals surface area contributed by atoms with E-state index in [4.69, 9.17) is 0 Å². The summed E-state index contributed by atoms with van der Waals surface area (Å²) in [5.41, 5.74) is 1.73. The maximum atomic E-state index is 14.3. The summed E-state index contributed by atoms with van der Waals surface area (Å²) in [7, 11) is 1.97. The average molecular weight is 306 g/mol. The number of likely N-dealkylation sites (N-methyl/N-ethyl adjacent to an activating group) is 1. The normalized spacial score (nSPS) is 12.4. The van der Waals surface area contributed by atoms with Crippen molar-refractivity contribution in [1.29, 1.82) is 0 Å². The third kappa shape index (κ3) is 4.05. The minimum absolute atomic E-state index is 0.143. The van der Waals surface area contributed by atoms with Gasteiger partial charge in [0.2, 0.25) is 0 Å². The molecule has 0 fully saturated rings. The Morgan fingerprint density at radius 3 is 2.76 bits per heavy atom. The number of hydrogen-bond donors (Lipinski definition) is 1. The van der Waals surface area contributed by atoms with Crippen LogP contribution in [0.25, 0.3) is 0 Å². The summed E-state index contributed by atoms with van der Waals surface area (Å²) >= 11 is 1.75. The van der Waals surface area contributed by atoms with Gasteiger partial charge < -0.3 is 10.2 Å². The smallest absolute Gasteiger partial charge is 0.146 e. The van der Waals surface area contributed by atoms with E-state index in [1.807, 2.05) is 18.0 Å². The van der Waals surface area contributed by atoms with Gasteiger partial charge in [-0.2, -0.15) is 0 Å². The van der Waals surface area contributed by atoms with Crippen molar-refractivity contribution < 1.29 is 4.39 Å². The molecule has 0 bridgehead atoms. The van der Waals surface area contributed by atoms with E-state index >= 15 is 0 Å². The van der Waals surface area contributed by atoms with E-state index < -0.39 is 0 Å². The molecule has 1 N–H and O–H groups in total. The molecule has 21 heavy (non-hydrogen) atoms. The van der Waals surface area contributed by atoms with Crippen LogP contribution in [0, 0.1) is 5.82 Å². The van der Waals surface area contributed by atoms with Gasteiger partial charge in [0.1, 0.15) is 5.82 Å². The molecule has 1 heterocycles. The fourth-order valence-corrected chi connectivity index (χ4v) is 3.24. The van der Waals surface area contributed by atoms with Crippen LogP contribution < -0.4 is 10.2 Å². The maximum Gasteiger partial charge on any atom is 0.146 e. The number of nitrogens with zero attached hydrogens (tertiary/aromatic N) is 1. The first-order chi connectivity index (χ1) is 10.1. The SMILES string of the molecule is CCNC(C)c1cccc(F)c1N(C)CCc1cccs1. The molecule has 0 amide bonds. The molecule has 0 aliphatic carbocycles. The zero-order valence-electron chi connectivity index (χ0n) is 12.9. The van der Waals surface area contributed by atoms with Crippen LogP contribution in [0.4, 0.5) is 10.1 Å². The van der Waals surface area contributed by atoms with Gasteiger partial charge in [0.15, 0.2) is 0 Å². The zero-order chi connectivity index (χ0) is 15.2. The molecule has 114 valence electrons. The Balaban J connectivity index is 2.16. The molecule has 2 rings (SSSR count). The Morgan fingerprint density at radius 1 is 1.29 bits per heavy atom. The Morgan fingerprint density at radius 2 is 2.10 bits per heavy atom. The van der Waals surface area contributed by atoms with Crippen molar-refractivity contribution in [3.63, 3.8) is 0 Å². The molecule has 0 saturated heterocycles. The van der Waals surface area contributed by atoms with Crippen molar-refractivity contribution in [2.75, 3.05) is 25.0 Å². The highest BCUT2D eigenvalue weighted by Gasteiger charge is 2.17. The molecule has 1 unspecified atom stereocenters. The topological polar surface area (TPSA) is 15.3 Å². The number of rotatable bonds is 7. The molecular weight excluding hydrogens is 283 g/mol. The number of para-hydroxylation sites is 1. The Hall–Kier alpha value is -1.39. The molecular formula is C17H23FN2S.